The van der Waals surface area contributed by atoms with Crippen molar-refractivity contribution in [1.29, 1.82) is 0 Å². The lowest BCUT2D eigenvalue weighted by Crippen LogP contribution is -2.65. The minimum atomic E-state index is -0.624. The summed E-state index contributed by atoms with van der Waals surface area (Å²) >= 11 is 12.6. The molecular weight excluding hydrogens is 339 g/mol. The Morgan fingerprint density at radius 2 is 1.91 bits per heavy atom. The van der Waals surface area contributed by atoms with E-state index in [1.54, 1.807) is 0 Å². The molecule has 2 heterocycles. The van der Waals surface area contributed by atoms with Crippen LogP contribution in [-0.2, 0) is 9.59 Å². The Balaban J connectivity index is 1.55. The van der Waals surface area contributed by atoms with Gasteiger partial charge in [0, 0.05) is 37.6 Å². The summed E-state index contributed by atoms with van der Waals surface area (Å²) < 4.78 is 0. The van der Waals surface area contributed by atoms with Crippen LogP contribution in [-0.4, -0.2) is 71.1 Å². The predicted molar refractivity (Wildman–Crippen MR) is 89.3 cm³/mol. The lowest BCUT2D eigenvalue weighted by Gasteiger charge is -2.43. The van der Waals surface area contributed by atoms with Gasteiger partial charge in [-0.1, -0.05) is 12.8 Å². The van der Waals surface area contributed by atoms with Crippen molar-refractivity contribution in [2.24, 2.45) is 5.92 Å². The molecule has 3 rings (SSSR count). The lowest BCUT2D eigenvalue weighted by atomic mass is 9.88. The van der Waals surface area contributed by atoms with Crippen LogP contribution in [0.25, 0.3) is 0 Å². The van der Waals surface area contributed by atoms with E-state index >= 15 is 0 Å². The van der Waals surface area contributed by atoms with Crippen LogP contribution in [0.2, 0.25) is 0 Å². The van der Waals surface area contributed by atoms with Crippen molar-refractivity contribution in [3.63, 3.8) is 0 Å². The van der Waals surface area contributed by atoms with Gasteiger partial charge < -0.3 is 4.90 Å². The first-order valence-electron chi connectivity index (χ1n) is 8.39. The quantitative estimate of drug-likeness (QED) is 0.719. The van der Waals surface area contributed by atoms with Crippen LogP contribution in [0.4, 0.5) is 0 Å². The fraction of sp³-hybridized carbons (Fsp3) is 0.867. The topological polar surface area (TPSA) is 64.7 Å². The number of piperazine rings is 1. The van der Waals surface area contributed by atoms with Gasteiger partial charge in [0.05, 0.1) is 6.54 Å². The molecule has 3 aliphatic rings. The Hall–Kier alpha value is -0.560. The van der Waals surface area contributed by atoms with E-state index in [-0.39, 0.29) is 23.2 Å². The van der Waals surface area contributed by atoms with E-state index in [4.69, 9.17) is 23.2 Å². The van der Waals surface area contributed by atoms with Gasteiger partial charge in [-0.3, -0.25) is 19.9 Å². The number of hydrogen-bond donors (Lipinski definition) is 2. The summed E-state index contributed by atoms with van der Waals surface area (Å²) in [6.45, 7) is 3.06. The van der Waals surface area contributed by atoms with Crippen LogP contribution in [0.15, 0.2) is 0 Å². The average Bonchev–Trinajstić information content (AvgIpc) is 2.54. The van der Waals surface area contributed by atoms with Crippen LogP contribution >= 0.6 is 23.2 Å². The fourth-order valence-corrected chi connectivity index (χ4v) is 4.42. The molecular formula is C15H24Cl2N4O2. The molecule has 4 unspecified atom stereocenters. The molecule has 2 amide bonds. The highest BCUT2D eigenvalue weighted by Crippen LogP contribution is 2.29. The smallest absolute Gasteiger partial charge is 0.253 e. The molecule has 0 aromatic heterocycles. The largest absolute Gasteiger partial charge is 0.340 e. The Bertz CT molecular complexity index is 465. The number of alkyl halides is 2. The van der Waals surface area contributed by atoms with Crippen LogP contribution in [0.1, 0.15) is 25.7 Å². The van der Waals surface area contributed by atoms with E-state index in [1.165, 1.54) is 12.8 Å². The third-order valence-electron chi connectivity index (χ3n) is 5.20. The van der Waals surface area contributed by atoms with Gasteiger partial charge in [0.15, 0.2) is 0 Å². The molecule has 0 aromatic carbocycles. The molecule has 1 saturated carbocycles. The van der Waals surface area contributed by atoms with Crippen molar-refractivity contribution in [3.8, 4) is 0 Å². The summed E-state index contributed by atoms with van der Waals surface area (Å²) in [5, 5.41) is -0.436. The molecule has 23 heavy (non-hydrogen) atoms. The third kappa shape index (κ3) is 3.92. The zero-order valence-electron chi connectivity index (χ0n) is 13.1. The van der Waals surface area contributed by atoms with E-state index in [1.807, 2.05) is 9.80 Å². The number of nitrogens with zero attached hydrogens (tertiary/aromatic N) is 2. The second kappa shape index (κ2) is 7.55. The third-order valence-corrected chi connectivity index (χ3v) is 6.26. The minimum absolute atomic E-state index is 0.112. The molecule has 4 atom stereocenters. The number of amides is 2. The van der Waals surface area contributed by atoms with E-state index in [2.05, 4.69) is 10.9 Å². The Kier molecular flexibility index (Phi) is 5.67. The van der Waals surface area contributed by atoms with Crippen molar-refractivity contribution in [2.75, 3.05) is 32.7 Å². The van der Waals surface area contributed by atoms with Gasteiger partial charge in [0.25, 0.3) is 5.91 Å². The summed E-state index contributed by atoms with van der Waals surface area (Å²) in [7, 11) is 0. The normalized spacial score (nSPS) is 36.9. The van der Waals surface area contributed by atoms with Gasteiger partial charge in [-0.2, -0.15) is 0 Å². The number of carbonyl (C=O) groups is 2. The molecule has 1 aliphatic carbocycles. The first kappa shape index (κ1) is 17.3. The van der Waals surface area contributed by atoms with Crippen molar-refractivity contribution in [1.82, 2.24) is 20.7 Å². The summed E-state index contributed by atoms with van der Waals surface area (Å²) in [5.74, 6) is 0.286. The zero-order valence-corrected chi connectivity index (χ0v) is 14.7. The highest BCUT2D eigenvalue weighted by atomic mass is 35.5. The molecule has 2 N–H and O–H groups in total. The Labute approximate surface area is 146 Å². The van der Waals surface area contributed by atoms with Gasteiger partial charge in [0.1, 0.15) is 5.38 Å². The second-order valence-corrected chi connectivity index (χ2v) is 7.74. The van der Waals surface area contributed by atoms with E-state index in [9.17, 15) is 9.59 Å². The first-order chi connectivity index (χ1) is 11.1. The number of nitrogens with one attached hydrogen (secondary N) is 2. The van der Waals surface area contributed by atoms with Crippen molar-refractivity contribution in [2.45, 2.75) is 42.5 Å². The summed E-state index contributed by atoms with van der Waals surface area (Å²) in [5.41, 5.74) is 5.36. The molecule has 130 valence electrons. The standard InChI is InChI=1S/C15H24Cl2N4O2/c16-11-4-2-1-3-10(11)8-21-6-5-20(9-13(21)22)12-7-18-19-15(23)14(12)17/h10-12,14,18H,1-9H2,(H,19,23). The summed E-state index contributed by atoms with van der Waals surface area (Å²) in [6, 6.07) is -0.146. The molecule has 8 heteroatoms. The Morgan fingerprint density at radius 1 is 1.13 bits per heavy atom. The van der Waals surface area contributed by atoms with E-state index in [0.717, 1.165) is 25.9 Å². The van der Waals surface area contributed by atoms with Crippen molar-refractivity contribution < 1.29 is 9.59 Å². The molecule has 0 bridgehead atoms. The predicted octanol–water partition coefficient (Wildman–Crippen LogP) is 0.539. The van der Waals surface area contributed by atoms with E-state index in [0.29, 0.717) is 25.6 Å². The average molecular weight is 363 g/mol. The number of halogens is 2. The highest BCUT2D eigenvalue weighted by Gasteiger charge is 2.38. The molecule has 2 aliphatic heterocycles. The minimum Gasteiger partial charge on any atom is -0.340 e. The number of rotatable bonds is 3. The summed E-state index contributed by atoms with van der Waals surface area (Å²) in [4.78, 5) is 28.1. The number of hydrogen-bond acceptors (Lipinski definition) is 4. The second-order valence-electron chi connectivity index (χ2n) is 6.71. The van der Waals surface area contributed by atoms with Crippen molar-refractivity contribution in [3.05, 3.63) is 0 Å². The monoisotopic (exact) mass is 362 g/mol. The zero-order chi connectivity index (χ0) is 16.4. The Morgan fingerprint density at radius 3 is 2.65 bits per heavy atom. The van der Waals surface area contributed by atoms with Crippen LogP contribution in [0.3, 0.4) is 0 Å². The molecule has 0 radical (unpaired) electrons. The van der Waals surface area contributed by atoms with Gasteiger partial charge in [0.2, 0.25) is 5.91 Å². The van der Waals surface area contributed by atoms with Gasteiger partial charge in [-0.25, -0.2) is 5.43 Å². The maximum atomic E-state index is 12.5. The van der Waals surface area contributed by atoms with Gasteiger partial charge >= 0.3 is 0 Å². The molecule has 0 aromatic rings. The SMILES string of the molecule is O=C1NNCC(N2CCN(CC3CCCCC3Cl)C(=O)C2)C1Cl. The highest BCUT2D eigenvalue weighted by molar-refractivity contribution is 6.31. The first-order valence-corrected chi connectivity index (χ1v) is 9.26. The lowest BCUT2D eigenvalue weighted by molar-refractivity contribution is -0.139. The van der Waals surface area contributed by atoms with E-state index < -0.39 is 5.38 Å². The van der Waals surface area contributed by atoms with Crippen molar-refractivity contribution >= 4 is 35.0 Å². The molecule has 2 saturated heterocycles. The number of hydrazine groups is 1. The van der Waals surface area contributed by atoms with Crippen LogP contribution < -0.4 is 10.9 Å². The van der Waals surface area contributed by atoms with Crippen LogP contribution in [0.5, 0.6) is 0 Å². The van der Waals surface area contributed by atoms with Gasteiger partial charge in [-0.15, -0.1) is 23.2 Å². The molecule has 0 spiro atoms. The summed E-state index contributed by atoms with van der Waals surface area (Å²) in [6.07, 6.45) is 4.56. The molecule has 3 fully saturated rings. The van der Waals surface area contributed by atoms with Crippen LogP contribution in [0, 0.1) is 5.92 Å². The molecule has 6 nitrogen and oxygen atoms in total. The maximum Gasteiger partial charge on any atom is 0.253 e. The fourth-order valence-electron chi connectivity index (χ4n) is 3.76. The number of carbonyl (C=O) groups excluding carboxylic acids is 2. The van der Waals surface area contributed by atoms with Gasteiger partial charge in [-0.05, 0) is 18.8 Å². The maximum absolute atomic E-state index is 12.5.